The Morgan fingerprint density at radius 3 is 1.59 bits per heavy atom. The Bertz CT molecular complexity index is 3380. The van der Waals surface area contributed by atoms with Crippen LogP contribution < -0.4 is 9.80 Å². The summed E-state index contributed by atoms with van der Waals surface area (Å²) in [6, 6.07) is 71.4. The number of hydrogen-bond acceptors (Lipinski definition) is 2. The first-order chi connectivity index (χ1) is 36.3. The van der Waals surface area contributed by atoms with Crippen molar-refractivity contribution in [3.8, 4) is 22.3 Å². The van der Waals surface area contributed by atoms with E-state index < -0.39 is 0 Å². The maximum atomic E-state index is 2.65. The van der Waals surface area contributed by atoms with Gasteiger partial charge in [-0.25, -0.2) is 0 Å². The van der Waals surface area contributed by atoms with E-state index in [0.717, 1.165) is 55.3 Å². The molecule has 8 aromatic carbocycles. The maximum absolute atomic E-state index is 2.65. The van der Waals surface area contributed by atoms with Crippen LogP contribution in [0.5, 0.6) is 0 Å². The first-order valence-electron chi connectivity index (χ1n) is 28.7. The fourth-order valence-electron chi connectivity index (χ4n) is 17.1. The zero-order valence-electron chi connectivity index (χ0n) is 43.6. The molecule has 3 atom stereocenters. The second-order valence-corrected chi connectivity index (χ2v) is 25.0. The Morgan fingerprint density at radius 1 is 0.419 bits per heavy atom. The van der Waals surface area contributed by atoms with Gasteiger partial charge < -0.3 is 9.80 Å². The molecule has 0 amide bonds. The highest BCUT2D eigenvalue weighted by Gasteiger charge is 2.51. The van der Waals surface area contributed by atoms with Gasteiger partial charge >= 0.3 is 0 Å². The molecule has 0 heterocycles. The fourth-order valence-corrected chi connectivity index (χ4v) is 17.1. The van der Waals surface area contributed by atoms with Crippen molar-refractivity contribution in [1.82, 2.24) is 0 Å². The molecule has 368 valence electrons. The Balaban J connectivity index is 0.829. The van der Waals surface area contributed by atoms with Crippen molar-refractivity contribution < 1.29 is 0 Å². The SMILES string of the molecule is CC1(C)c2ccccc2-c2c(-c3ccccc3)cc(N(c3ccc(C4CC5CCC4C5)cc3)c3cc4ccc3CCc3ccc(c(N(c5ccccc5)c5ccc(C67CC8CC(CC(C8)C6)C7)cc5)c3)CC4)cc21. The minimum atomic E-state index is -0.155. The van der Waals surface area contributed by atoms with E-state index in [0.29, 0.717) is 11.3 Å². The number of rotatable bonds is 9. The summed E-state index contributed by atoms with van der Waals surface area (Å²) >= 11 is 0. The van der Waals surface area contributed by atoms with Crippen molar-refractivity contribution in [1.29, 1.82) is 0 Å². The van der Waals surface area contributed by atoms with E-state index >= 15 is 0 Å². The molecule has 0 aromatic heterocycles. The van der Waals surface area contributed by atoms with Crippen LogP contribution in [-0.4, -0.2) is 0 Å². The smallest absolute Gasteiger partial charge is 0.0496 e. The second-order valence-electron chi connectivity index (χ2n) is 25.0. The fraction of sp³-hybridized carbons (Fsp3) is 0.333. The van der Waals surface area contributed by atoms with Gasteiger partial charge in [-0.15, -0.1) is 0 Å². The third-order valence-electron chi connectivity index (χ3n) is 20.3. The minimum Gasteiger partial charge on any atom is -0.310 e. The summed E-state index contributed by atoms with van der Waals surface area (Å²) in [4.78, 5) is 5.22. The lowest BCUT2D eigenvalue weighted by Gasteiger charge is -2.57. The molecule has 0 radical (unpaired) electrons. The number of para-hydroxylation sites is 1. The van der Waals surface area contributed by atoms with E-state index in [1.54, 1.807) is 5.56 Å². The maximum Gasteiger partial charge on any atom is 0.0496 e. The van der Waals surface area contributed by atoms with Crippen molar-refractivity contribution in [3.63, 3.8) is 0 Å². The summed E-state index contributed by atoms with van der Waals surface area (Å²) in [5.74, 6) is 5.29. The van der Waals surface area contributed by atoms with Crippen LogP contribution in [0.15, 0.2) is 182 Å². The van der Waals surface area contributed by atoms with E-state index in [9.17, 15) is 0 Å². The van der Waals surface area contributed by atoms with E-state index in [4.69, 9.17) is 0 Å². The minimum absolute atomic E-state index is 0.155. The number of nitrogens with zero attached hydrogens (tertiary/aromatic N) is 2. The Morgan fingerprint density at radius 2 is 0.986 bits per heavy atom. The molecule has 11 aliphatic carbocycles. The van der Waals surface area contributed by atoms with E-state index in [2.05, 4.69) is 206 Å². The highest BCUT2D eigenvalue weighted by molar-refractivity contribution is 5.96. The lowest BCUT2D eigenvalue weighted by molar-refractivity contribution is -0.00518. The van der Waals surface area contributed by atoms with Gasteiger partial charge in [-0.1, -0.05) is 142 Å². The molecule has 10 bridgehead atoms. The normalized spacial score (nSPS) is 25.4. The van der Waals surface area contributed by atoms with Gasteiger partial charge in [0, 0.05) is 39.5 Å². The lowest BCUT2D eigenvalue weighted by Crippen LogP contribution is -2.48. The summed E-state index contributed by atoms with van der Waals surface area (Å²) in [5.41, 5.74) is 24.6. The molecule has 0 saturated heterocycles. The van der Waals surface area contributed by atoms with Crippen molar-refractivity contribution in [3.05, 3.63) is 226 Å². The predicted octanol–water partition coefficient (Wildman–Crippen LogP) is 18.9. The zero-order valence-corrected chi connectivity index (χ0v) is 43.6. The Kier molecular flexibility index (Phi) is 10.6. The standard InChI is InChI=1S/C72H70N2/c1-71(2)66-16-10-9-15-63(66)70-65(53-11-5-3-6-12-53)42-62(43-67(70)71)74(60-31-27-54(28-32-60)64-39-49-21-26-57(64)38-49)69-41-48-18-23-55-22-17-47(19-24-56(69)25-20-48)40-68(55)73(59-13-7-4-8-14-59)61-33-29-58(30-34-61)72-44-50-35-51(45-72)37-52(36-50)46-72/h3-17,20,22,25,27-34,40-43,49-52,57,64H,18-19,21,23-24,26,35-39,44-46H2,1-2H3. The second kappa shape index (κ2) is 17.5. The van der Waals surface area contributed by atoms with Crippen LogP contribution in [0.3, 0.4) is 0 Å². The van der Waals surface area contributed by atoms with Crippen molar-refractivity contribution in [2.75, 3.05) is 9.80 Å². The number of anilines is 6. The van der Waals surface area contributed by atoms with Gasteiger partial charge in [-0.2, -0.15) is 0 Å². The van der Waals surface area contributed by atoms with Crippen molar-refractivity contribution >= 4 is 34.1 Å². The average Bonchev–Trinajstić information content (AvgIpc) is 4.15. The molecule has 3 unspecified atom stereocenters. The van der Waals surface area contributed by atoms with Gasteiger partial charge in [0.1, 0.15) is 0 Å². The highest BCUT2D eigenvalue weighted by Crippen LogP contribution is 2.61. The topological polar surface area (TPSA) is 6.48 Å². The summed E-state index contributed by atoms with van der Waals surface area (Å²) in [7, 11) is 0. The molecule has 0 spiro atoms. The molecule has 6 saturated carbocycles. The van der Waals surface area contributed by atoms with Gasteiger partial charge in [0.05, 0.1) is 0 Å². The van der Waals surface area contributed by atoms with Crippen LogP contribution in [0.2, 0.25) is 0 Å². The van der Waals surface area contributed by atoms with Crippen LogP contribution in [0.4, 0.5) is 34.1 Å². The van der Waals surface area contributed by atoms with Gasteiger partial charge in [-0.05, 0) is 252 Å². The molecule has 8 aromatic rings. The van der Waals surface area contributed by atoms with Crippen molar-refractivity contribution in [2.45, 2.75) is 120 Å². The van der Waals surface area contributed by atoms with E-state index in [-0.39, 0.29) is 5.41 Å². The molecule has 11 aliphatic rings. The first-order valence-corrected chi connectivity index (χ1v) is 28.7. The molecule has 2 nitrogen and oxygen atoms in total. The van der Waals surface area contributed by atoms with Crippen LogP contribution >= 0.6 is 0 Å². The van der Waals surface area contributed by atoms with Crippen LogP contribution in [0.25, 0.3) is 22.3 Å². The first kappa shape index (κ1) is 44.8. The van der Waals surface area contributed by atoms with Gasteiger partial charge in [0.2, 0.25) is 0 Å². The van der Waals surface area contributed by atoms with E-state index in [1.807, 2.05) is 0 Å². The number of fused-ring (bicyclic) bond motifs is 5. The third kappa shape index (κ3) is 7.47. The molecular formula is C72H70N2. The monoisotopic (exact) mass is 963 g/mol. The molecule has 19 rings (SSSR count). The molecule has 0 aliphatic heterocycles. The summed E-state index contributed by atoms with van der Waals surface area (Å²) in [6.45, 7) is 4.87. The molecule has 2 heteroatoms. The number of aryl methyl sites for hydroxylation is 4. The highest BCUT2D eigenvalue weighted by atomic mass is 15.2. The summed E-state index contributed by atoms with van der Waals surface area (Å²) in [5, 5.41) is 0. The van der Waals surface area contributed by atoms with Crippen LogP contribution in [0.1, 0.15) is 128 Å². The van der Waals surface area contributed by atoms with Gasteiger partial charge in [-0.3, -0.25) is 0 Å². The molecule has 74 heavy (non-hydrogen) atoms. The molecule has 6 fully saturated rings. The van der Waals surface area contributed by atoms with Gasteiger partial charge in [0.25, 0.3) is 0 Å². The third-order valence-corrected chi connectivity index (χ3v) is 20.3. The van der Waals surface area contributed by atoms with E-state index in [1.165, 1.54) is 160 Å². The quantitative estimate of drug-likeness (QED) is 0.142. The van der Waals surface area contributed by atoms with Gasteiger partial charge in [0.15, 0.2) is 0 Å². The summed E-state index contributed by atoms with van der Waals surface area (Å²) < 4.78 is 0. The number of hydrogen-bond donors (Lipinski definition) is 0. The average molecular weight is 963 g/mol. The number of benzene rings is 8. The van der Waals surface area contributed by atoms with Crippen LogP contribution in [-0.2, 0) is 36.5 Å². The van der Waals surface area contributed by atoms with Crippen molar-refractivity contribution in [2.24, 2.45) is 29.6 Å². The lowest BCUT2D eigenvalue weighted by atomic mass is 9.48. The molecular weight excluding hydrogens is 893 g/mol. The molecule has 0 N–H and O–H groups in total. The Labute approximate surface area is 440 Å². The predicted molar refractivity (Wildman–Crippen MR) is 308 cm³/mol. The van der Waals surface area contributed by atoms with Crippen LogP contribution in [0, 0.1) is 29.6 Å². The zero-order chi connectivity index (χ0) is 49.1. The largest absolute Gasteiger partial charge is 0.310 e. The summed E-state index contributed by atoms with van der Waals surface area (Å²) in [6.07, 6.45) is 18.0. The Hall–Kier alpha value is -6.64.